The smallest absolute Gasteiger partial charge is 0.228 e. The monoisotopic (exact) mass is 303 g/mol. The van der Waals surface area contributed by atoms with Gasteiger partial charge in [0.2, 0.25) is 5.91 Å². The minimum Gasteiger partial charge on any atom is -0.326 e. The summed E-state index contributed by atoms with van der Waals surface area (Å²) in [6.45, 7) is 7.51. The Morgan fingerprint density at radius 2 is 2.05 bits per heavy atom. The van der Waals surface area contributed by atoms with Crippen LogP contribution < -0.4 is 10.6 Å². The van der Waals surface area contributed by atoms with Crippen LogP contribution in [-0.4, -0.2) is 24.0 Å². The Balaban J connectivity index is 1.97. The lowest BCUT2D eigenvalue weighted by atomic mass is 10.1. The van der Waals surface area contributed by atoms with E-state index in [2.05, 4.69) is 15.6 Å². The molecule has 1 aromatic heterocycles. The van der Waals surface area contributed by atoms with E-state index >= 15 is 0 Å². The molecule has 0 spiro atoms. The third-order valence-corrected chi connectivity index (χ3v) is 3.99. The number of hydrogen-bond donors (Lipinski definition) is 2. The minimum absolute atomic E-state index is 0.0354. The van der Waals surface area contributed by atoms with Crippen molar-refractivity contribution >= 4 is 22.9 Å². The molecule has 0 saturated carbocycles. The first-order valence-corrected chi connectivity index (χ1v) is 8.02. The van der Waals surface area contributed by atoms with Gasteiger partial charge < -0.3 is 10.6 Å². The van der Waals surface area contributed by atoms with Crippen LogP contribution in [0.15, 0.2) is 29.6 Å². The molecule has 1 aromatic carbocycles. The number of amides is 1. The van der Waals surface area contributed by atoms with E-state index in [1.54, 1.807) is 11.3 Å². The van der Waals surface area contributed by atoms with Crippen molar-refractivity contribution in [3.63, 3.8) is 0 Å². The molecule has 2 aromatic rings. The topological polar surface area (TPSA) is 54.0 Å². The van der Waals surface area contributed by atoms with Crippen LogP contribution in [0, 0.1) is 12.8 Å². The Labute approximate surface area is 129 Å². The summed E-state index contributed by atoms with van der Waals surface area (Å²) in [6.07, 6.45) is 0. The fourth-order valence-corrected chi connectivity index (χ4v) is 2.56. The molecule has 2 N–H and O–H groups in total. The van der Waals surface area contributed by atoms with Gasteiger partial charge in [0.15, 0.2) is 0 Å². The van der Waals surface area contributed by atoms with Crippen LogP contribution in [0.3, 0.4) is 0 Å². The van der Waals surface area contributed by atoms with Gasteiger partial charge in [0.05, 0.1) is 10.7 Å². The quantitative estimate of drug-likeness (QED) is 0.861. The van der Waals surface area contributed by atoms with Crippen LogP contribution in [0.4, 0.5) is 5.69 Å². The number of carbonyl (C=O) groups excluding carboxylic acids is 1. The third kappa shape index (κ3) is 4.37. The summed E-state index contributed by atoms with van der Waals surface area (Å²) in [7, 11) is 0. The van der Waals surface area contributed by atoms with Crippen molar-refractivity contribution in [2.45, 2.75) is 20.8 Å². The van der Waals surface area contributed by atoms with Gasteiger partial charge in [-0.25, -0.2) is 4.98 Å². The number of hydrogen-bond acceptors (Lipinski definition) is 4. The Bertz CT molecular complexity index is 592. The largest absolute Gasteiger partial charge is 0.326 e. The van der Waals surface area contributed by atoms with Crippen LogP contribution in [0.2, 0.25) is 0 Å². The van der Waals surface area contributed by atoms with Gasteiger partial charge in [0.25, 0.3) is 0 Å². The van der Waals surface area contributed by atoms with Crippen LogP contribution in [-0.2, 0) is 4.79 Å². The summed E-state index contributed by atoms with van der Waals surface area (Å²) in [5, 5.41) is 9.22. The normalized spacial score (nSPS) is 12.1. The highest BCUT2D eigenvalue weighted by Gasteiger charge is 2.12. The van der Waals surface area contributed by atoms with E-state index in [1.807, 2.05) is 50.4 Å². The van der Waals surface area contributed by atoms with E-state index in [1.165, 1.54) is 0 Å². The molecular formula is C16H21N3OS. The molecule has 0 fully saturated rings. The lowest BCUT2D eigenvalue weighted by molar-refractivity contribution is -0.119. The van der Waals surface area contributed by atoms with E-state index in [-0.39, 0.29) is 11.8 Å². The van der Waals surface area contributed by atoms with Gasteiger partial charge in [-0.05, 0) is 25.6 Å². The lowest BCUT2D eigenvalue weighted by Crippen LogP contribution is -2.30. The zero-order valence-electron chi connectivity index (χ0n) is 12.6. The zero-order valence-corrected chi connectivity index (χ0v) is 13.5. The van der Waals surface area contributed by atoms with Crippen LogP contribution >= 0.6 is 11.3 Å². The van der Waals surface area contributed by atoms with Crippen molar-refractivity contribution in [3.05, 3.63) is 34.7 Å². The lowest BCUT2D eigenvalue weighted by Gasteiger charge is -2.12. The number of carbonyl (C=O) groups is 1. The predicted molar refractivity (Wildman–Crippen MR) is 88.6 cm³/mol. The highest BCUT2D eigenvalue weighted by molar-refractivity contribution is 7.09. The number of aromatic nitrogens is 1. The van der Waals surface area contributed by atoms with E-state index < -0.39 is 0 Å². The number of thiazole rings is 1. The van der Waals surface area contributed by atoms with Crippen molar-refractivity contribution in [1.29, 1.82) is 0 Å². The van der Waals surface area contributed by atoms with Gasteiger partial charge in [-0.3, -0.25) is 4.79 Å². The molecule has 0 saturated heterocycles. The molecule has 1 atom stereocenters. The average Bonchev–Trinajstić information content (AvgIpc) is 2.92. The molecule has 0 aliphatic heterocycles. The Kier molecular flexibility index (Phi) is 5.47. The number of anilines is 1. The maximum atomic E-state index is 12.0. The second-order valence-electron chi connectivity index (χ2n) is 5.03. The van der Waals surface area contributed by atoms with Gasteiger partial charge >= 0.3 is 0 Å². The van der Waals surface area contributed by atoms with Crippen molar-refractivity contribution in [3.8, 4) is 11.3 Å². The Morgan fingerprint density at radius 1 is 1.33 bits per heavy atom. The number of rotatable bonds is 6. The first-order valence-electron chi connectivity index (χ1n) is 7.14. The number of nitrogens with zero attached hydrogens (tertiary/aromatic N) is 1. The van der Waals surface area contributed by atoms with E-state index in [4.69, 9.17) is 0 Å². The molecule has 5 heteroatoms. The SMILES string of the molecule is CCNCC(C)C(=O)Nc1ccc(-c2csc(C)n2)cc1. The summed E-state index contributed by atoms with van der Waals surface area (Å²) >= 11 is 1.64. The Morgan fingerprint density at radius 3 is 2.62 bits per heavy atom. The molecule has 1 unspecified atom stereocenters. The molecule has 21 heavy (non-hydrogen) atoms. The van der Waals surface area contributed by atoms with Gasteiger partial charge in [-0.15, -0.1) is 11.3 Å². The van der Waals surface area contributed by atoms with Gasteiger partial charge in [-0.2, -0.15) is 0 Å². The van der Waals surface area contributed by atoms with Gasteiger partial charge in [0.1, 0.15) is 0 Å². The summed E-state index contributed by atoms with van der Waals surface area (Å²) < 4.78 is 0. The van der Waals surface area contributed by atoms with Gasteiger partial charge in [0, 0.05) is 29.1 Å². The Hall–Kier alpha value is -1.72. The molecule has 112 valence electrons. The first kappa shape index (κ1) is 15.7. The van der Waals surface area contributed by atoms with E-state index in [0.29, 0.717) is 6.54 Å². The average molecular weight is 303 g/mol. The maximum Gasteiger partial charge on any atom is 0.228 e. The first-order chi connectivity index (χ1) is 10.1. The molecule has 0 radical (unpaired) electrons. The van der Waals surface area contributed by atoms with Crippen molar-refractivity contribution in [2.24, 2.45) is 5.92 Å². The summed E-state index contributed by atoms with van der Waals surface area (Å²) in [5.74, 6) is -0.0148. The van der Waals surface area contributed by atoms with Crippen molar-refractivity contribution < 1.29 is 4.79 Å². The minimum atomic E-state index is -0.0502. The highest BCUT2D eigenvalue weighted by atomic mass is 32.1. The van der Waals surface area contributed by atoms with Gasteiger partial charge in [-0.1, -0.05) is 26.0 Å². The van der Waals surface area contributed by atoms with Crippen LogP contribution in [0.5, 0.6) is 0 Å². The predicted octanol–water partition coefficient (Wildman–Crippen LogP) is 3.30. The molecule has 4 nitrogen and oxygen atoms in total. The van der Waals surface area contributed by atoms with E-state index in [0.717, 1.165) is 28.5 Å². The van der Waals surface area contributed by atoms with Crippen molar-refractivity contribution in [2.75, 3.05) is 18.4 Å². The fraction of sp³-hybridized carbons (Fsp3) is 0.375. The molecule has 1 heterocycles. The second kappa shape index (κ2) is 7.33. The zero-order chi connectivity index (χ0) is 15.2. The molecule has 0 aliphatic rings. The standard InChI is InChI=1S/C16H21N3OS/c1-4-17-9-11(2)16(20)19-14-7-5-13(6-8-14)15-10-21-12(3)18-15/h5-8,10-11,17H,4,9H2,1-3H3,(H,19,20). The van der Waals surface area contributed by atoms with Crippen LogP contribution in [0.1, 0.15) is 18.9 Å². The number of aryl methyl sites for hydroxylation is 1. The molecule has 2 rings (SSSR count). The number of nitrogens with one attached hydrogen (secondary N) is 2. The molecule has 0 aliphatic carbocycles. The summed E-state index contributed by atoms with van der Waals surface area (Å²) in [6, 6.07) is 7.81. The maximum absolute atomic E-state index is 12.0. The third-order valence-electron chi connectivity index (χ3n) is 3.22. The highest BCUT2D eigenvalue weighted by Crippen LogP contribution is 2.23. The van der Waals surface area contributed by atoms with Crippen molar-refractivity contribution in [1.82, 2.24) is 10.3 Å². The van der Waals surface area contributed by atoms with E-state index in [9.17, 15) is 4.79 Å². The molecule has 0 bridgehead atoms. The number of benzene rings is 1. The second-order valence-corrected chi connectivity index (χ2v) is 6.09. The molecular weight excluding hydrogens is 282 g/mol. The molecule has 1 amide bonds. The fourth-order valence-electron chi connectivity index (χ4n) is 1.94. The van der Waals surface area contributed by atoms with Crippen LogP contribution in [0.25, 0.3) is 11.3 Å². The summed E-state index contributed by atoms with van der Waals surface area (Å²) in [5.41, 5.74) is 2.87. The summed E-state index contributed by atoms with van der Waals surface area (Å²) in [4.78, 5) is 16.5.